The Morgan fingerprint density at radius 3 is 2.36 bits per heavy atom. The SMILES string of the molecule is CC(C)(O)Cn1cc(NC(=O)OCC2c3ccccc3-c3ccccc32)cn1. The minimum Gasteiger partial charge on any atom is -0.448 e. The molecule has 0 spiro atoms. The highest BCUT2D eigenvalue weighted by Gasteiger charge is 2.29. The Labute approximate surface area is 163 Å². The van der Waals surface area contributed by atoms with Crippen LogP contribution in [0.4, 0.5) is 10.5 Å². The van der Waals surface area contributed by atoms with E-state index in [4.69, 9.17) is 4.74 Å². The number of amides is 1. The summed E-state index contributed by atoms with van der Waals surface area (Å²) in [7, 11) is 0. The number of aliphatic hydroxyl groups is 1. The van der Waals surface area contributed by atoms with Crippen LogP contribution in [0, 0.1) is 0 Å². The fraction of sp³-hybridized carbons (Fsp3) is 0.273. The number of hydrogen-bond donors (Lipinski definition) is 2. The Balaban J connectivity index is 1.42. The summed E-state index contributed by atoms with van der Waals surface area (Å²) >= 11 is 0. The zero-order valence-electron chi connectivity index (χ0n) is 15.9. The first-order chi connectivity index (χ1) is 13.4. The first-order valence-electron chi connectivity index (χ1n) is 9.27. The van der Waals surface area contributed by atoms with Crippen LogP contribution in [-0.2, 0) is 11.3 Å². The van der Waals surface area contributed by atoms with Gasteiger partial charge in [-0.2, -0.15) is 5.10 Å². The van der Waals surface area contributed by atoms with Gasteiger partial charge in [0, 0.05) is 12.1 Å². The Morgan fingerprint density at radius 2 is 1.75 bits per heavy atom. The molecular weight excluding hydrogens is 354 g/mol. The molecule has 0 aliphatic heterocycles. The summed E-state index contributed by atoms with van der Waals surface area (Å²) in [6.07, 6.45) is 2.68. The van der Waals surface area contributed by atoms with Crippen molar-refractivity contribution >= 4 is 11.8 Å². The van der Waals surface area contributed by atoms with Gasteiger partial charge < -0.3 is 9.84 Å². The van der Waals surface area contributed by atoms with Crippen molar-refractivity contribution in [1.82, 2.24) is 9.78 Å². The third kappa shape index (κ3) is 3.77. The molecule has 0 atom stereocenters. The van der Waals surface area contributed by atoms with Crippen molar-refractivity contribution in [3.63, 3.8) is 0 Å². The number of hydrogen-bond acceptors (Lipinski definition) is 4. The van der Waals surface area contributed by atoms with Gasteiger partial charge in [-0.25, -0.2) is 4.79 Å². The number of anilines is 1. The highest BCUT2D eigenvalue weighted by atomic mass is 16.5. The summed E-state index contributed by atoms with van der Waals surface area (Å²) in [6, 6.07) is 16.4. The van der Waals surface area contributed by atoms with E-state index in [0.717, 1.165) is 0 Å². The van der Waals surface area contributed by atoms with Gasteiger partial charge in [0.05, 0.1) is 24.0 Å². The van der Waals surface area contributed by atoms with E-state index in [9.17, 15) is 9.90 Å². The molecule has 0 unspecified atom stereocenters. The van der Waals surface area contributed by atoms with Crippen LogP contribution in [0.25, 0.3) is 11.1 Å². The minimum absolute atomic E-state index is 0.0241. The van der Waals surface area contributed by atoms with Crippen molar-refractivity contribution in [1.29, 1.82) is 0 Å². The average molecular weight is 377 g/mol. The van der Waals surface area contributed by atoms with E-state index < -0.39 is 11.7 Å². The van der Waals surface area contributed by atoms with E-state index in [1.165, 1.54) is 28.5 Å². The van der Waals surface area contributed by atoms with E-state index in [0.29, 0.717) is 12.2 Å². The molecule has 4 rings (SSSR count). The van der Waals surface area contributed by atoms with Gasteiger partial charge in [0.2, 0.25) is 0 Å². The Kier molecular flexibility index (Phi) is 4.65. The number of carbonyl (C=O) groups is 1. The maximum Gasteiger partial charge on any atom is 0.411 e. The first-order valence-corrected chi connectivity index (χ1v) is 9.27. The monoisotopic (exact) mass is 377 g/mol. The number of ether oxygens (including phenoxy) is 1. The van der Waals surface area contributed by atoms with Crippen LogP contribution in [0.1, 0.15) is 30.9 Å². The van der Waals surface area contributed by atoms with Gasteiger partial charge in [-0.3, -0.25) is 10.00 Å². The van der Waals surface area contributed by atoms with Crippen LogP contribution in [0.5, 0.6) is 0 Å². The van der Waals surface area contributed by atoms with Crippen LogP contribution >= 0.6 is 0 Å². The van der Waals surface area contributed by atoms with Crippen LogP contribution in [0.15, 0.2) is 60.9 Å². The van der Waals surface area contributed by atoms with Crippen molar-refractivity contribution in [2.45, 2.75) is 31.9 Å². The molecule has 1 heterocycles. The highest BCUT2D eigenvalue weighted by Crippen LogP contribution is 2.44. The van der Waals surface area contributed by atoms with E-state index in [-0.39, 0.29) is 12.5 Å². The van der Waals surface area contributed by atoms with Gasteiger partial charge in [-0.1, -0.05) is 48.5 Å². The van der Waals surface area contributed by atoms with Crippen LogP contribution in [0.3, 0.4) is 0 Å². The predicted octanol–water partition coefficient (Wildman–Crippen LogP) is 4.02. The smallest absolute Gasteiger partial charge is 0.411 e. The van der Waals surface area contributed by atoms with Gasteiger partial charge in [0.1, 0.15) is 6.61 Å². The molecule has 6 heteroatoms. The van der Waals surface area contributed by atoms with Crippen molar-refractivity contribution in [2.24, 2.45) is 0 Å². The molecule has 0 bridgehead atoms. The Bertz CT molecular complexity index is 959. The number of rotatable bonds is 5. The summed E-state index contributed by atoms with van der Waals surface area (Å²) in [5, 5.41) is 16.7. The number of benzene rings is 2. The lowest BCUT2D eigenvalue weighted by molar-refractivity contribution is 0.0578. The van der Waals surface area contributed by atoms with Crippen molar-refractivity contribution in [3.8, 4) is 11.1 Å². The zero-order chi connectivity index (χ0) is 19.7. The number of nitrogens with one attached hydrogen (secondary N) is 1. The molecule has 2 aromatic carbocycles. The van der Waals surface area contributed by atoms with Crippen LogP contribution in [0.2, 0.25) is 0 Å². The normalized spacial score (nSPS) is 13.1. The maximum atomic E-state index is 12.3. The standard InChI is InChI=1S/C22H23N3O3/c1-22(2,27)14-25-12-15(11-23-25)24-21(26)28-13-20-18-9-5-3-7-16(18)17-8-4-6-10-19(17)20/h3-12,20,27H,13-14H2,1-2H3,(H,24,26). The van der Waals surface area contributed by atoms with E-state index in [1.807, 2.05) is 24.3 Å². The van der Waals surface area contributed by atoms with Crippen molar-refractivity contribution in [3.05, 3.63) is 72.1 Å². The lowest BCUT2D eigenvalue weighted by Crippen LogP contribution is -2.26. The highest BCUT2D eigenvalue weighted by molar-refractivity contribution is 5.84. The van der Waals surface area contributed by atoms with Gasteiger partial charge in [0.25, 0.3) is 0 Å². The Morgan fingerprint density at radius 1 is 1.14 bits per heavy atom. The molecular formula is C22H23N3O3. The number of nitrogens with zero attached hydrogens (tertiary/aromatic N) is 2. The molecule has 1 aliphatic rings. The molecule has 3 aromatic rings. The second-order valence-electron chi connectivity index (χ2n) is 7.69. The number of fused-ring (bicyclic) bond motifs is 3. The molecule has 1 aliphatic carbocycles. The van der Waals surface area contributed by atoms with Gasteiger partial charge >= 0.3 is 6.09 Å². The third-order valence-corrected chi connectivity index (χ3v) is 4.77. The topological polar surface area (TPSA) is 76.4 Å². The maximum absolute atomic E-state index is 12.3. The molecule has 0 saturated carbocycles. The molecule has 0 radical (unpaired) electrons. The first kappa shape index (κ1) is 18.3. The third-order valence-electron chi connectivity index (χ3n) is 4.77. The molecule has 144 valence electrons. The van der Waals surface area contributed by atoms with Crippen molar-refractivity contribution < 1.29 is 14.6 Å². The molecule has 1 aromatic heterocycles. The van der Waals surface area contributed by atoms with Gasteiger partial charge in [-0.15, -0.1) is 0 Å². The largest absolute Gasteiger partial charge is 0.448 e. The fourth-order valence-corrected chi connectivity index (χ4v) is 3.66. The lowest BCUT2D eigenvalue weighted by Gasteiger charge is -2.16. The second-order valence-corrected chi connectivity index (χ2v) is 7.69. The summed E-state index contributed by atoms with van der Waals surface area (Å²) in [4.78, 5) is 12.3. The van der Waals surface area contributed by atoms with E-state index in [1.54, 1.807) is 24.7 Å². The number of aromatic nitrogens is 2. The zero-order valence-corrected chi connectivity index (χ0v) is 15.9. The molecule has 28 heavy (non-hydrogen) atoms. The number of carbonyl (C=O) groups excluding carboxylic acids is 1. The average Bonchev–Trinajstić information content (AvgIpc) is 3.20. The van der Waals surface area contributed by atoms with Crippen LogP contribution in [-0.4, -0.2) is 33.2 Å². The Hall–Kier alpha value is -3.12. The summed E-state index contributed by atoms with van der Waals surface area (Å²) in [6.45, 7) is 4.00. The molecule has 2 N–H and O–H groups in total. The van der Waals surface area contributed by atoms with Crippen molar-refractivity contribution in [2.75, 3.05) is 11.9 Å². The van der Waals surface area contributed by atoms with Gasteiger partial charge in [-0.05, 0) is 36.1 Å². The summed E-state index contributed by atoms with van der Waals surface area (Å²) in [5.41, 5.74) is 4.39. The molecule has 1 amide bonds. The molecule has 6 nitrogen and oxygen atoms in total. The summed E-state index contributed by atoms with van der Waals surface area (Å²) < 4.78 is 7.10. The minimum atomic E-state index is -0.882. The van der Waals surface area contributed by atoms with E-state index in [2.05, 4.69) is 34.7 Å². The predicted molar refractivity (Wildman–Crippen MR) is 107 cm³/mol. The lowest BCUT2D eigenvalue weighted by atomic mass is 9.98. The van der Waals surface area contributed by atoms with Crippen LogP contribution < -0.4 is 5.32 Å². The molecule has 0 saturated heterocycles. The second kappa shape index (κ2) is 7.13. The quantitative estimate of drug-likeness (QED) is 0.704. The molecule has 0 fully saturated rings. The van der Waals surface area contributed by atoms with E-state index >= 15 is 0 Å². The fourth-order valence-electron chi connectivity index (χ4n) is 3.66. The van der Waals surface area contributed by atoms with Gasteiger partial charge in [0.15, 0.2) is 0 Å². The summed E-state index contributed by atoms with van der Waals surface area (Å²) in [5.74, 6) is 0.0241.